The van der Waals surface area contributed by atoms with E-state index in [4.69, 9.17) is 0 Å². The molecule has 0 saturated carbocycles. The maximum Gasteiger partial charge on any atom is 0.252 e. The Kier molecular flexibility index (Phi) is 4.09. The summed E-state index contributed by atoms with van der Waals surface area (Å²) in [6.07, 6.45) is 4.13. The van der Waals surface area contributed by atoms with Gasteiger partial charge in [-0.25, -0.2) is 9.97 Å². The summed E-state index contributed by atoms with van der Waals surface area (Å²) in [6, 6.07) is 3.23. The van der Waals surface area contributed by atoms with Gasteiger partial charge < -0.3 is 0 Å². The van der Waals surface area contributed by atoms with E-state index in [0.29, 0.717) is 18.1 Å². The second kappa shape index (κ2) is 5.61. The number of pyridine rings is 1. The summed E-state index contributed by atoms with van der Waals surface area (Å²) in [4.78, 5) is 20.3. The molecule has 19 heavy (non-hydrogen) atoms. The average Bonchev–Trinajstić information content (AvgIpc) is 2.41. The van der Waals surface area contributed by atoms with Gasteiger partial charge in [0.25, 0.3) is 5.56 Å². The van der Waals surface area contributed by atoms with Gasteiger partial charge in [0.1, 0.15) is 5.65 Å². The SMILES string of the molecule is CCC(C)Cn1c(=O)ccc2cnc(S(C)=O)nc21. The summed E-state index contributed by atoms with van der Waals surface area (Å²) in [7, 11) is -1.25. The predicted octanol–water partition coefficient (Wildman–Crippen LogP) is 1.57. The third kappa shape index (κ3) is 2.89. The second-order valence-corrected chi connectivity index (χ2v) is 5.95. The molecule has 102 valence electrons. The number of hydrogen-bond acceptors (Lipinski definition) is 4. The van der Waals surface area contributed by atoms with Crippen LogP contribution >= 0.6 is 0 Å². The van der Waals surface area contributed by atoms with Crippen LogP contribution in [-0.2, 0) is 17.3 Å². The van der Waals surface area contributed by atoms with Crippen molar-refractivity contribution >= 4 is 21.8 Å². The molecule has 2 aromatic heterocycles. The molecule has 0 fully saturated rings. The van der Waals surface area contributed by atoms with Crippen molar-refractivity contribution in [1.29, 1.82) is 0 Å². The molecule has 2 atom stereocenters. The van der Waals surface area contributed by atoms with Crippen LogP contribution in [0.2, 0.25) is 0 Å². The van der Waals surface area contributed by atoms with Gasteiger partial charge in [0.15, 0.2) is 0 Å². The minimum atomic E-state index is -1.25. The molecule has 2 heterocycles. The number of rotatable bonds is 4. The van der Waals surface area contributed by atoms with E-state index in [1.807, 2.05) is 0 Å². The van der Waals surface area contributed by atoms with Crippen LogP contribution in [0.5, 0.6) is 0 Å². The van der Waals surface area contributed by atoms with E-state index in [1.165, 1.54) is 12.3 Å². The van der Waals surface area contributed by atoms with Crippen molar-refractivity contribution in [1.82, 2.24) is 14.5 Å². The Morgan fingerprint density at radius 3 is 2.79 bits per heavy atom. The topological polar surface area (TPSA) is 64.8 Å². The Labute approximate surface area is 114 Å². The standard InChI is InChI=1S/C13H17N3O2S/c1-4-9(2)8-16-11(17)6-5-10-7-14-13(19(3)18)15-12(10)16/h5-7,9H,4,8H2,1-3H3. The fraction of sp³-hybridized carbons (Fsp3) is 0.462. The molecule has 0 saturated heterocycles. The summed E-state index contributed by atoms with van der Waals surface area (Å²) >= 11 is 0. The molecule has 0 radical (unpaired) electrons. The molecule has 6 heteroatoms. The van der Waals surface area contributed by atoms with Crippen molar-refractivity contribution in [3.05, 3.63) is 28.7 Å². The minimum absolute atomic E-state index is 0.0839. The van der Waals surface area contributed by atoms with Gasteiger partial charge in [0.05, 0.1) is 10.8 Å². The van der Waals surface area contributed by atoms with Crippen LogP contribution in [0.3, 0.4) is 0 Å². The number of fused-ring (bicyclic) bond motifs is 1. The van der Waals surface area contributed by atoms with Crippen LogP contribution in [0.4, 0.5) is 0 Å². The monoisotopic (exact) mass is 279 g/mol. The zero-order valence-corrected chi connectivity index (χ0v) is 12.1. The van der Waals surface area contributed by atoms with E-state index in [2.05, 4.69) is 23.8 Å². The van der Waals surface area contributed by atoms with Crippen LogP contribution in [0.25, 0.3) is 11.0 Å². The van der Waals surface area contributed by atoms with Crippen molar-refractivity contribution < 1.29 is 4.21 Å². The van der Waals surface area contributed by atoms with E-state index in [9.17, 15) is 9.00 Å². The molecule has 5 nitrogen and oxygen atoms in total. The largest absolute Gasteiger partial charge is 0.292 e. The van der Waals surface area contributed by atoms with Gasteiger partial charge in [-0.05, 0) is 12.0 Å². The number of nitrogens with zero attached hydrogens (tertiary/aromatic N) is 3. The van der Waals surface area contributed by atoms with E-state index in [0.717, 1.165) is 11.8 Å². The van der Waals surface area contributed by atoms with E-state index >= 15 is 0 Å². The van der Waals surface area contributed by atoms with E-state index < -0.39 is 10.8 Å². The Balaban J connectivity index is 2.65. The van der Waals surface area contributed by atoms with Crippen LogP contribution in [0, 0.1) is 5.92 Å². The van der Waals surface area contributed by atoms with Crippen molar-refractivity contribution in [3.8, 4) is 0 Å². The Hall–Kier alpha value is -1.56. The molecule has 0 aliphatic rings. The lowest BCUT2D eigenvalue weighted by Gasteiger charge is -2.13. The Morgan fingerprint density at radius 1 is 1.42 bits per heavy atom. The lowest BCUT2D eigenvalue weighted by molar-refractivity contribution is 0.467. The maximum absolute atomic E-state index is 12.0. The predicted molar refractivity (Wildman–Crippen MR) is 75.6 cm³/mol. The molecule has 0 aliphatic carbocycles. The van der Waals surface area contributed by atoms with Crippen LogP contribution in [0.15, 0.2) is 28.3 Å². The van der Waals surface area contributed by atoms with Gasteiger partial charge in [-0.3, -0.25) is 13.6 Å². The summed E-state index contributed by atoms with van der Waals surface area (Å²) in [5, 5.41) is 1.05. The fourth-order valence-electron chi connectivity index (χ4n) is 1.81. The summed E-state index contributed by atoms with van der Waals surface area (Å²) < 4.78 is 13.1. The van der Waals surface area contributed by atoms with Crippen LogP contribution in [-0.4, -0.2) is 25.0 Å². The molecule has 2 rings (SSSR count). The smallest absolute Gasteiger partial charge is 0.252 e. The first-order valence-corrected chi connectivity index (χ1v) is 7.78. The highest BCUT2D eigenvalue weighted by molar-refractivity contribution is 7.84. The first-order chi connectivity index (χ1) is 9.02. The molecular weight excluding hydrogens is 262 g/mol. The van der Waals surface area contributed by atoms with Gasteiger partial charge in [0.2, 0.25) is 5.16 Å². The second-order valence-electron chi connectivity index (χ2n) is 4.68. The highest BCUT2D eigenvalue weighted by atomic mass is 32.2. The highest BCUT2D eigenvalue weighted by Crippen LogP contribution is 2.12. The number of aromatic nitrogens is 3. The van der Waals surface area contributed by atoms with E-state index in [1.54, 1.807) is 16.8 Å². The van der Waals surface area contributed by atoms with Gasteiger partial charge in [0, 0.05) is 30.4 Å². The van der Waals surface area contributed by atoms with Crippen molar-refractivity contribution in [3.63, 3.8) is 0 Å². The van der Waals surface area contributed by atoms with Gasteiger partial charge in [-0.2, -0.15) is 0 Å². The van der Waals surface area contributed by atoms with Gasteiger partial charge in [-0.1, -0.05) is 20.3 Å². The molecule has 0 aliphatic heterocycles. The molecule has 0 bridgehead atoms. The Bertz CT molecular complexity index is 681. The molecular formula is C13H17N3O2S. The first-order valence-electron chi connectivity index (χ1n) is 6.23. The zero-order valence-electron chi connectivity index (χ0n) is 11.3. The van der Waals surface area contributed by atoms with Gasteiger partial charge in [-0.15, -0.1) is 0 Å². The summed E-state index contributed by atoms with van der Waals surface area (Å²) in [6.45, 7) is 4.78. The van der Waals surface area contributed by atoms with Crippen LogP contribution < -0.4 is 5.56 Å². The fourth-order valence-corrected chi connectivity index (χ4v) is 2.23. The third-order valence-corrected chi connectivity index (χ3v) is 3.86. The van der Waals surface area contributed by atoms with Crippen molar-refractivity contribution in [2.45, 2.75) is 32.0 Å². The van der Waals surface area contributed by atoms with Crippen LogP contribution in [0.1, 0.15) is 20.3 Å². The molecule has 0 N–H and O–H groups in total. The zero-order chi connectivity index (χ0) is 14.0. The maximum atomic E-state index is 12.0. The quantitative estimate of drug-likeness (QED) is 0.797. The van der Waals surface area contributed by atoms with E-state index in [-0.39, 0.29) is 10.7 Å². The average molecular weight is 279 g/mol. The van der Waals surface area contributed by atoms with Crippen molar-refractivity contribution in [2.75, 3.05) is 6.26 Å². The molecule has 0 amide bonds. The molecule has 0 spiro atoms. The lowest BCUT2D eigenvalue weighted by atomic mass is 10.1. The molecule has 0 aromatic carbocycles. The number of hydrogen-bond donors (Lipinski definition) is 0. The summed E-state index contributed by atoms with van der Waals surface area (Å²) in [5.41, 5.74) is 0.479. The normalized spacial score (nSPS) is 14.5. The minimum Gasteiger partial charge on any atom is -0.292 e. The molecule has 2 aromatic rings. The lowest BCUT2D eigenvalue weighted by Crippen LogP contribution is -2.23. The summed E-state index contributed by atoms with van der Waals surface area (Å²) in [5.74, 6) is 0.383. The first kappa shape index (κ1) is 13.9. The third-order valence-electron chi connectivity index (χ3n) is 3.15. The van der Waals surface area contributed by atoms with Gasteiger partial charge >= 0.3 is 0 Å². The Morgan fingerprint density at radius 2 is 2.16 bits per heavy atom. The highest BCUT2D eigenvalue weighted by Gasteiger charge is 2.10. The molecule has 2 unspecified atom stereocenters. The van der Waals surface area contributed by atoms with Crippen molar-refractivity contribution in [2.24, 2.45) is 5.92 Å².